The highest BCUT2D eigenvalue weighted by molar-refractivity contribution is 6.31. The van der Waals surface area contributed by atoms with Crippen molar-refractivity contribution < 1.29 is 29.9 Å². The number of hydrogen-bond donors (Lipinski definition) is 4. The molecular formula is C21H23ClO6. The zero-order valence-corrected chi connectivity index (χ0v) is 16.1. The Hall–Kier alpha value is -2.09. The Bertz CT molecular complexity index is 835. The third kappa shape index (κ3) is 4.32. The maximum atomic E-state index is 10.4. The van der Waals surface area contributed by atoms with Crippen LogP contribution in [0.4, 0.5) is 0 Å². The van der Waals surface area contributed by atoms with Crippen LogP contribution in [0, 0.1) is 0 Å². The minimum Gasteiger partial charge on any atom is -0.497 e. The lowest BCUT2D eigenvalue weighted by atomic mass is 9.91. The van der Waals surface area contributed by atoms with E-state index in [1.807, 2.05) is 24.3 Å². The Kier molecular flexibility index (Phi) is 6.59. The third-order valence-corrected chi connectivity index (χ3v) is 5.15. The fourth-order valence-electron chi connectivity index (χ4n) is 3.21. The van der Waals surface area contributed by atoms with E-state index in [4.69, 9.17) is 26.2 Å². The Labute approximate surface area is 168 Å². The summed E-state index contributed by atoms with van der Waals surface area (Å²) in [5, 5.41) is 40.2. The molecule has 1 aliphatic heterocycles. The smallest absolute Gasteiger partial charge is 0.152 e. The highest BCUT2D eigenvalue weighted by Gasteiger charge is 2.41. The molecule has 1 heterocycles. The standard InChI is InChI=1S/C21H23ClO6/c1-27-15-5-2-12(3-6-15)10-14-11-13(4-7-16(14)22)21-20(26)19(25)18(24)17(28-21)8-9-23/h2-8,11,18-21,23-26H,9-10H2,1H3/b17-8-/t18-,19+,20-,21+/m1/s1. The van der Waals surface area contributed by atoms with Gasteiger partial charge in [0.2, 0.25) is 0 Å². The molecule has 0 saturated carbocycles. The summed E-state index contributed by atoms with van der Waals surface area (Å²) in [6.07, 6.45) is -3.24. The predicted octanol–water partition coefficient (Wildman–Crippen LogP) is 1.97. The maximum absolute atomic E-state index is 10.4. The molecule has 0 bridgehead atoms. The van der Waals surface area contributed by atoms with Crippen LogP contribution in [0.15, 0.2) is 54.3 Å². The highest BCUT2D eigenvalue weighted by atomic mass is 35.5. The van der Waals surface area contributed by atoms with E-state index in [0.717, 1.165) is 16.9 Å². The monoisotopic (exact) mass is 406 g/mol. The Morgan fingerprint density at radius 2 is 1.79 bits per heavy atom. The first-order valence-electron chi connectivity index (χ1n) is 8.87. The van der Waals surface area contributed by atoms with Crippen LogP contribution in [0.25, 0.3) is 0 Å². The number of halogens is 1. The number of rotatable bonds is 5. The van der Waals surface area contributed by atoms with Gasteiger partial charge in [-0.15, -0.1) is 0 Å². The molecule has 1 fully saturated rings. The highest BCUT2D eigenvalue weighted by Crippen LogP contribution is 2.36. The lowest BCUT2D eigenvalue weighted by Crippen LogP contribution is -2.48. The minimum atomic E-state index is -1.43. The molecule has 6 nitrogen and oxygen atoms in total. The van der Waals surface area contributed by atoms with Crippen LogP contribution in [0.2, 0.25) is 5.02 Å². The van der Waals surface area contributed by atoms with Gasteiger partial charge in [-0.1, -0.05) is 35.9 Å². The maximum Gasteiger partial charge on any atom is 0.152 e. The van der Waals surface area contributed by atoms with Crippen LogP contribution in [-0.4, -0.2) is 52.5 Å². The number of aliphatic hydroxyl groups is 4. The van der Waals surface area contributed by atoms with Crippen molar-refractivity contribution in [2.75, 3.05) is 13.7 Å². The lowest BCUT2D eigenvalue weighted by Gasteiger charge is -2.37. The van der Waals surface area contributed by atoms with E-state index in [0.29, 0.717) is 17.0 Å². The van der Waals surface area contributed by atoms with Crippen LogP contribution in [0.3, 0.4) is 0 Å². The molecule has 4 N–H and O–H groups in total. The van der Waals surface area contributed by atoms with Gasteiger partial charge in [0.15, 0.2) is 6.10 Å². The fourth-order valence-corrected chi connectivity index (χ4v) is 3.40. The number of methoxy groups -OCH3 is 1. The number of ether oxygens (including phenoxy) is 2. The number of aliphatic hydroxyl groups excluding tert-OH is 4. The van der Waals surface area contributed by atoms with E-state index >= 15 is 0 Å². The second-order valence-corrected chi connectivity index (χ2v) is 7.04. The molecule has 7 heteroatoms. The van der Waals surface area contributed by atoms with Crippen molar-refractivity contribution in [2.45, 2.75) is 30.8 Å². The molecule has 0 aliphatic carbocycles. The minimum absolute atomic E-state index is 0.0250. The summed E-state index contributed by atoms with van der Waals surface area (Å²) in [4.78, 5) is 0. The van der Waals surface area contributed by atoms with E-state index in [2.05, 4.69) is 0 Å². The average Bonchev–Trinajstić information content (AvgIpc) is 2.71. The molecule has 28 heavy (non-hydrogen) atoms. The van der Waals surface area contributed by atoms with Crippen LogP contribution < -0.4 is 4.74 Å². The zero-order valence-electron chi connectivity index (χ0n) is 15.3. The summed E-state index contributed by atoms with van der Waals surface area (Å²) in [5.74, 6) is 0.787. The molecule has 1 saturated heterocycles. The van der Waals surface area contributed by atoms with Crippen LogP contribution in [-0.2, 0) is 11.2 Å². The van der Waals surface area contributed by atoms with Crippen LogP contribution >= 0.6 is 11.6 Å². The van der Waals surface area contributed by atoms with Gasteiger partial charge < -0.3 is 29.9 Å². The van der Waals surface area contributed by atoms with Crippen molar-refractivity contribution in [1.29, 1.82) is 0 Å². The molecule has 0 amide bonds. The summed E-state index contributed by atoms with van der Waals surface area (Å²) in [7, 11) is 1.61. The van der Waals surface area contributed by atoms with E-state index in [1.54, 1.807) is 25.3 Å². The van der Waals surface area contributed by atoms with Crippen molar-refractivity contribution in [3.05, 3.63) is 76.0 Å². The first-order valence-corrected chi connectivity index (χ1v) is 9.25. The second-order valence-electron chi connectivity index (χ2n) is 6.63. The summed E-state index contributed by atoms with van der Waals surface area (Å²) < 4.78 is 10.8. The van der Waals surface area contributed by atoms with Gasteiger partial charge in [0.25, 0.3) is 0 Å². The van der Waals surface area contributed by atoms with Crippen LogP contribution in [0.1, 0.15) is 22.8 Å². The van der Waals surface area contributed by atoms with Gasteiger partial charge in [-0.2, -0.15) is 0 Å². The summed E-state index contributed by atoms with van der Waals surface area (Å²) in [5.41, 5.74) is 2.46. The number of hydrogen-bond acceptors (Lipinski definition) is 6. The molecule has 4 atom stereocenters. The summed E-state index contributed by atoms with van der Waals surface area (Å²) in [6.45, 7) is -0.356. The van der Waals surface area contributed by atoms with Crippen molar-refractivity contribution in [2.24, 2.45) is 0 Å². The lowest BCUT2D eigenvalue weighted by molar-refractivity contribution is -0.158. The fraction of sp³-hybridized carbons (Fsp3) is 0.333. The van der Waals surface area contributed by atoms with Gasteiger partial charge in [0.05, 0.1) is 13.7 Å². The first-order chi connectivity index (χ1) is 13.4. The molecule has 3 rings (SSSR count). The topological polar surface area (TPSA) is 99.4 Å². The predicted molar refractivity (Wildman–Crippen MR) is 104 cm³/mol. The molecule has 2 aromatic carbocycles. The van der Waals surface area contributed by atoms with Gasteiger partial charge >= 0.3 is 0 Å². The van der Waals surface area contributed by atoms with Gasteiger partial charge in [-0.05, 0) is 47.4 Å². The van der Waals surface area contributed by atoms with Crippen molar-refractivity contribution in [3.8, 4) is 5.75 Å². The van der Waals surface area contributed by atoms with E-state index in [-0.39, 0.29) is 12.4 Å². The van der Waals surface area contributed by atoms with Gasteiger partial charge in [0, 0.05) is 5.02 Å². The van der Waals surface area contributed by atoms with Gasteiger partial charge in [-0.3, -0.25) is 0 Å². The molecule has 150 valence electrons. The molecule has 1 aliphatic rings. The summed E-state index contributed by atoms with van der Waals surface area (Å²) >= 11 is 6.35. The molecule has 0 radical (unpaired) electrons. The summed E-state index contributed by atoms with van der Waals surface area (Å²) in [6, 6.07) is 12.8. The van der Waals surface area contributed by atoms with Gasteiger partial charge in [0.1, 0.15) is 29.8 Å². The second kappa shape index (κ2) is 8.94. The Morgan fingerprint density at radius 1 is 1.07 bits per heavy atom. The van der Waals surface area contributed by atoms with Crippen LogP contribution in [0.5, 0.6) is 5.75 Å². The molecule has 0 aromatic heterocycles. The van der Waals surface area contributed by atoms with E-state index in [9.17, 15) is 15.3 Å². The SMILES string of the molecule is COc1ccc(Cc2cc([C@@H]3O/C(=C\CO)[C@@H](O)[C@H](O)[C@H]3O)ccc2Cl)cc1. The molecule has 0 unspecified atom stereocenters. The first kappa shape index (κ1) is 20.6. The van der Waals surface area contributed by atoms with E-state index < -0.39 is 24.4 Å². The van der Waals surface area contributed by atoms with Crippen molar-refractivity contribution >= 4 is 11.6 Å². The molecule has 2 aromatic rings. The molecule has 0 spiro atoms. The average molecular weight is 407 g/mol. The normalized spacial score (nSPS) is 26.1. The Morgan fingerprint density at radius 3 is 2.43 bits per heavy atom. The van der Waals surface area contributed by atoms with Crippen molar-refractivity contribution in [1.82, 2.24) is 0 Å². The van der Waals surface area contributed by atoms with Crippen molar-refractivity contribution in [3.63, 3.8) is 0 Å². The zero-order chi connectivity index (χ0) is 20.3. The third-order valence-electron chi connectivity index (χ3n) is 4.78. The number of benzene rings is 2. The quantitative estimate of drug-likeness (QED) is 0.606. The van der Waals surface area contributed by atoms with Gasteiger partial charge in [-0.25, -0.2) is 0 Å². The molecular weight excluding hydrogens is 384 g/mol. The Balaban J connectivity index is 1.88. The largest absolute Gasteiger partial charge is 0.497 e. The van der Waals surface area contributed by atoms with E-state index in [1.165, 1.54) is 6.08 Å².